The number of Topliss-reactive ketones (excluding diaryl/α,β-unsaturated/α-hetero) is 2. The molecule has 2 saturated carbocycles. The van der Waals surface area contributed by atoms with E-state index >= 15 is 0 Å². The fraction of sp³-hybridized carbons (Fsp3) is 0.250. The molecule has 2 fully saturated rings. The van der Waals surface area contributed by atoms with Crippen LogP contribution >= 0.6 is 23.1 Å². The third-order valence-electron chi connectivity index (χ3n) is 8.07. The van der Waals surface area contributed by atoms with Crippen molar-refractivity contribution in [3.63, 3.8) is 0 Å². The maximum atomic E-state index is 14.6. The molecule has 5 aromatic rings. The van der Waals surface area contributed by atoms with E-state index in [9.17, 15) is 18.4 Å². The molecule has 2 aliphatic carbocycles. The van der Waals surface area contributed by atoms with Gasteiger partial charge in [-0.05, 0) is 56.7 Å². The predicted molar refractivity (Wildman–Crippen MR) is 166 cm³/mol. The number of aromatic nitrogens is 3. The first-order chi connectivity index (χ1) is 20.8. The molecule has 7 rings (SSSR count). The maximum Gasteiger partial charge on any atom is 0.243 e. The molecule has 0 N–H and O–H groups in total. The summed E-state index contributed by atoms with van der Waals surface area (Å²) in [6.07, 6.45) is -2.14. The highest BCUT2D eigenvalue weighted by molar-refractivity contribution is 7.19. The first-order valence-corrected chi connectivity index (χ1v) is 15.4. The van der Waals surface area contributed by atoms with Gasteiger partial charge in [0.05, 0.1) is 34.4 Å². The van der Waals surface area contributed by atoms with Crippen molar-refractivity contribution in [2.45, 2.75) is 39.0 Å². The van der Waals surface area contributed by atoms with Crippen LogP contribution in [0.2, 0.25) is 0 Å². The quantitative estimate of drug-likeness (QED) is 0.188. The summed E-state index contributed by atoms with van der Waals surface area (Å²) < 4.78 is 37.7. The number of aliphatic imine (C=N–C) groups is 1. The van der Waals surface area contributed by atoms with Gasteiger partial charge >= 0.3 is 0 Å². The summed E-state index contributed by atoms with van der Waals surface area (Å²) in [6, 6.07) is 20.7. The molecular formula is C32H25F2N5O2S2. The minimum Gasteiger partial charge on any atom is -0.302 e. The lowest BCUT2D eigenvalue weighted by Crippen LogP contribution is -2.36. The Labute approximate surface area is 254 Å². The van der Waals surface area contributed by atoms with Gasteiger partial charge in [0, 0.05) is 23.7 Å². The molecule has 0 amide bonds. The van der Waals surface area contributed by atoms with Crippen molar-refractivity contribution in [3.05, 3.63) is 78.0 Å². The summed E-state index contributed by atoms with van der Waals surface area (Å²) in [7, 11) is 0. The van der Waals surface area contributed by atoms with Gasteiger partial charge in [-0.15, -0.1) is 11.3 Å². The average molecular weight is 614 g/mol. The zero-order chi connectivity index (χ0) is 29.8. The number of hydrogen-bond donors (Lipinski definition) is 0. The van der Waals surface area contributed by atoms with Crippen molar-refractivity contribution < 1.29 is 18.4 Å². The lowest BCUT2D eigenvalue weighted by Gasteiger charge is -2.28. The van der Waals surface area contributed by atoms with Gasteiger partial charge < -0.3 is 4.90 Å². The SMILES string of the molecule is Cc1ccc(N(c2ccc(C)cc2)c2ccc(-c3ncc(N=C4C(=O)C(=O)C5C(F)CC(F)CC45)c4nsnc34)s2)cc1. The minimum atomic E-state index is -1.70. The van der Waals surface area contributed by atoms with E-state index in [1.165, 1.54) is 17.3 Å². The van der Waals surface area contributed by atoms with Crippen molar-refractivity contribution >= 4 is 73.4 Å². The summed E-state index contributed by atoms with van der Waals surface area (Å²) in [6.45, 7) is 4.11. The van der Waals surface area contributed by atoms with Crippen molar-refractivity contribution in [3.8, 4) is 10.6 Å². The van der Waals surface area contributed by atoms with Crippen LogP contribution in [-0.2, 0) is 9.59 Å². The zero-order valence-corrected chi connectivity index (χ0v) is 24.8. The summed E-state index contributed by atoms with van der Waals surface area (Å²) in [5.74, 6) is -3.76. The Balaban J connectivity index is 1.27. The highest BCUT2D eigenvalue weighted by Gasteiger charge is 2.54. The molecule has 0 bridgehead atoms. The zero-order valence-electron chi connectivity index (χ0n) is 23.2. The molecule has 0 saturated heterocycles. The number of anilines is 3. The van der Waals surface area contributed by atoms with Gasteiger partial charge in [0.1, 0.15) is 39.8 Å². The molecule has 3 aromatic heterocycles. The second-order valence-electron chi connectivity index (χ2n) is 11.0. The molecule has 4 unspecified atom stereocenters. The Kier molecular flexibility index (Phi) is 6.94. The van der Waals surface area contributed by atoms with Crippen molar-refractivity contribution in [1.29, 1.82) is 0 Å². The third-order valence-corrected chi connectivity index (χ3v) is 9.67. The number of benzene rings is 2. The van der Waals surface area contributed by atoms with Gasteiger partial charge in [-0.3, -0.25) is 14.6 Å². The van der Waals surface area contributed by atoms with E-state index in [0.29, 0.717) is 16.7 Å². The summed E-state index contributed by atoms with van der Waals surface area (Å²) in [4.78, 5) is 37.5. The van der Waals surface area contributed by atoms with E-state index in [4.69, 9.17) is 0 Å². The van der Waals surface area contributed by atoms with E-state index in [2.05, 4.69) is 86.0 Å². The number of aryl methyl sites for hydroxylation is 2. The monoisotopic (exact) mass is 613 g/mol. The Bertz CT molecular complexity index is 1860. The lowest BCUT2D eigenvalue weighted by atomic mass is 9.78. The molecule has 7 nitrogen and oxygen atoms in total. The van der Waals surface area contributed by atoms with Gasteiger partial charge in [-0.1, -0.05) is 35.4 Å². The Morgan fingerprint density at radius 1 is 0.860 bits per heavy atom. The number of nitrogens with zero attached hydrogens (tertiary/aromatic N) is 5. The third kappa shape index (κ3) is 4.86. The fourth-order valence-electron chi connectivity index (χ4n) is 5.89. The van der Waals surface area contributed by atoms with Gasteiger partial charge in [-0.25, -0.2) is 13.8 Å². The number of halogens is 2. The van der Waals surface area contributed by atoms with E-state index in [-0.39, 0.29) is 24.2 Å². The minimum absolute atomic E-state index is 0.109. The van der Waals surface area contributed by atoms with E-state index in [1.54, 1.807) is 11.3 Å². The average Bonchev–Trinajstić information content (AvgIpc) is 3.72. The second kappa shape index (κ2) is 10.8. The number of hydrogen-bond acceptors (Lipinski definition) is 9. The number of pyridine rings is 1. The molecule has 216 valence electrons. The molecule has 0 aliphatic heterocycles. The predicted octanol–water partition coefficient (Wildman–Crippen LogP) is 7.83. The Morgan fingerprint density at radius 3 is 2.19 bits per heavy atom. The second-order valence-corrected chi connectivity index (χ2v) is 12.6. The molecule has 3 heterocycles. The number of fused-ring (bicyclic) bond motifs is 2. The number of alkyl halides is 2. The largest absolute Gasteiger partial charge is 0.302 e. The van der Waals surface area contributed by atoms with Crippen molar-refractivity contribution in [2.24, 2.45) is 16.8 Å². The number of carbonyl (C=O) groups excluding carboxylic acids is 2. The van der Waals surface area contributed by atoms with Crippen LogP contribution in [0.4, 0.5) is 30.8 Å². The topological polar surface area (TPSA) is 88.4 Å². The van der Waals surface area contributed by atoms with Crippen molar-refractivity contribution in [2.75, 3.05) is 4.90 Å². The highest BCUT2D eigenvalue weighted by Crippen LogP contribution is 2.44. The van der Waals surface area contributed by atoms with E-state index < -0.39 is 35.7 Å². The van der Waals surface area contributed by atoms with E-state index in [0.717, 1.165) is 33.0 Å². The van der Waals surface area contributed by atoms with Crippen LogP contribution in [0.5, 0.6) is 0 Å². The molecule has 43 heavy (non-hydrogen) atoms. The van der Waals surface area contributed by atoms with Crippen molar-refractivity contribution in [1.82, 2.24) is 13.7 Å². The van der Waals surface area contributed by atoms with Crippen LogP contribution in [0.15, 0.2) is 71.9 Å². The van der Waals surface area contributed by atoms with Gasteiger partial charge in [0.25, 0.3) is 0 Å². The molecule has 0 spiro atoms. The number of ketones is 2. The van der Waals surface area contributed by atoms with Crippen LogP contribution in [0.25, 0.3) is 21.6 Å². The van der Waals surface area contributed by atoms with Crippen LogP contribution < -0.4 is 4.90 Å². The fourth-order valence-corrected chi connectivity index (χ4v) is 7.49. The van der Waals surface area contributed by atoms with E-state index in [1.807, 2.05) is 12.1 Å². The number of thiophene rings is 1. The van der Waals surface area contributed by atoms with Crippen LogP contribution in [0, 0.1) is 25.7 Å². The molecule has 2 aromatic carbocycles. The molecule has 11 heteroatoms. The van der Waals surface area contributed by atoms with Gasteiger partial charge in [-0.2, -0.15) is 8.75 Å². The first-order valence-electron chi connectivity index (χ1n) is 13.9. The molecule has 0 radical (unpaired) electrons. The lowest BCUT2D eigenvalue weighted by molar-refractivity contribution is -0.136. The molecule has 4 atom stereocenters. The normalized spacial score (nSPS) is 22.8. The van der Waals surface area contributed by atoms with Crippen LogP contribution in [0.3, 0.4) is 0 Å². The molecular weight excluding hydrogens is 589 g/mol. The standard InChI is InChI=1S/C32H25F2N5O2S2/c1-16-3-7-19(8-4-16)39(20-9-5-17(2)6-10-20)25-12-11-24(42-25)29-30-28(37-43-38-30)23(15-35-29)36-27-21-13-18(33)14-22(34)26(21)31(40)32(27)41/h3-12,15,18,21-22,26H,13-14H2,1-2H3. The highest BCUT2D eigenvalue weighted by atomic mass is 32.1. The first kappa shape index (κ1) is 27.6. The smallest absolute Gasteiger partial charge is 0.243 e. The molecule has 2 aliphatic rings. The number of carbonyl (C=O) groups is 2. The van der Waals surface area contributed by atoms with Gasteiger partial charge in [0.2, 0.25) is 11.6 Å². The van der Waals surface area contributed by atoms with Crippen LogP contribution in [0.1, 0.15) is 24.0 Å². The summed E-state index contributed by atoms with van der Waals surface area (Å²) in [5.41, 5.74) is 6.03. The maximum absolute atomic E-state index is 14.6. The van der Waals surface area contributed by atoms with Gasteiger partial charge in [0.15, 0.2) is 0 Å². The number of rotatable bonds is 5. The Hall–Kier alpha value is -4.22. The Morgan fingerprint density at radius 2 is 1.51 bits per heavy atom. The summed E-state index contributed by atoms with van der Waals surface area (Å²) in [5, 5.41) is 0.977. The van der Waals surface area contributed by atoms with Crippen LogP contribution in [-0.4, -0.2) is 43.4 Å². The summed E-state index contributed by atoms with van der Waals surface area (Å²) >= 11 is 2.53.